The van der Waals surface area contributed by atoms with Crippen molar-refractivity contribution in [1.82, 2.24) is 9.88 Å². The molecule has 0 radical (unpaired) electrons. The van der Waals surface area contributed by atoms with Gasteiger partial charge in [0.15, 0.2) is 0 Å². The number of likely N-dealkylation sites (tertiary alicyclic amines) is 1. The van der Waals surface area contributed by atoms with Crippen LogP contribution in [0.15, 0.2) is 18.3 Å². The second-order valence-electron chi connectivity index (χ2n) is 7.94. The molecule has 4 rings (SSSR count). The van der Waals surface area contributed by atoms with E-state index in [2.05, 4.69) is 9.88 Å². The summed E-state index contributed by atoms with van der Waals surface area (Å²) in [6.07, 6.45) is 7.58. The zero-order valence-corrected chi connectivity index (χ0v) is 16.7. The molecule has 0 spiro atoms. The lowest BCUT2D eigenvalue weighted by molar-refractivity contribution is -0.179. The molecule has 1 aliphatic carbocycles. The Morgan fingerprint density at radius 1 is 1.30 bits per heavy atom. The van der Waals surface area contributed by atoms with E-state index in [4.69, 9.17) is 15.2 Å². The van der Waals surface area contributed by atoms with Gasteiger partial charge in [0, 0.05) is 50.9 Å². The van der Waals surface area contributed by atoms with Crippen LogP contribution in [0.4, 0.5) is 0 Å². The first-order valence-corrected chi connectivity index (χ1v) is 9.78. The molecule has 3 fully saturated rings. The number of amides is 1. The van der Waals surface area contributed by atoms with Gasteiger partial charge in [0.2, 0.25) is 0 Å². The van der Waals surface area contributed by atoms with Crippen molar-refractivity contribution in [1.29, 1.82) is 0 Å². The highest BCUT2D eigenvalue weighted by molar-refractivity contribution is 5.90. The van der Waals surface area contributed by atoms with Gasteiger partial charge in [0.25, 0.3) is 5.91 Å². The molecule has 1 amide bonds. The van der Waals surface area contributed by atoms with Crippen LogP contribution in [0.25, 0.3) is 0 Å². The van der Waals surface area contributed by atoms with Crippen LogP contribution in [0, 0.1) is 11.8 Å². The summed E-state index contributed by atoms with van der Waals surface area (Å²) in [6.45, 7) is 3.78. The number of methoxy groups -OCH3 is 1. The first kappa shape index (κ1) is 20.5. The maximum absolute atomic E-state index is 11.6. The number of ether oxygens (including phenoxy) is 2. The van der Waals surface area contributed by atoms with E-state index in [0.717, 1.165) is 51.1 Å². The summed E-state index contributed by atoms with van der Waals surface area (Å²) in [7, 11) is 1.81. The van der Waals surface area contributed by atoms with E-state index >= 15 is 0 Å². The zero-order valence-electron chi connectivity index (χ0n) is 15.9. The maximum atomic E-state index is 11.6. The van der Waals surface area contributed by atoms with Gasteiger partial charge in [-0.3, -0.25) is 14.7 Å². The van der Waals surface area contributed by atoms with Crippen molar-refractivity contribution in [3.05, 3.63) is 29.6 Å². The molecule has 1 aromatic rings. The van der Waals surface area contributed by atoms with Crippen LogP contribution >= 0.6 is 12.4 Å². The Morgan fingerprint density at radius 3 is 2.63 bits per heavy atom. The molecular formula is C20H30ClN3O3. The van der Waals surface area contributed by atoms with Crippen LogP contribution in [0.2, 0.25) is 0 Å². The summed E-state index contributed by atoms with van der Waals surface area (Å²) in [4.78, 5) is 18.4. The van der Waals surface area contributed by atoms with Crippen LogP contribution in [0.1, 0.15) is 48.2 Å². The number of aromatic nitrogens is 1. The number of pyridine rings is 1. The molecule has 3 heterocycles. The average molecular weight is 396 g/mol. The Bertz CT molecular complexity index is 652. The van der Waals surface area contributed by atoms with E-state index in [1.807, 2.05) is 19.2 Å². The van der Waals surface area contributed by atoms with Crippen LogP contribution in [0.3, 0.4) is 0 Å². The highest BCUT2D eigenvalue weighted by Gasteiger charge is 2.54. The normalized spacial score (nSPS) is 33.9. The lowest BCUT2D eigenvalue weighted by Crippen LogP contribution is -2.61. The SMILES string of the molecule is CO[C@]1(c2ccnc(C(N)=O)c2)[C@@H]2CCC[C@H]1CN([C@@H]1CCCOC1)C2.Cl. The number of primary amides is 1. The topological polar surface area (TPSA) is 77.7 Å². The fourth-order valence-electron chi connectivity index (χ4n) is 5.51. The summed E-state index contributed by atoms with van der Waals surface area (Å²) < 4.78 is 12.0. The smallest absolute Gasteiger partial charge is 0.267 e. The highest BCUT2D eigenvalue weighted by Crippen LogP contribution is 2.52. The minimum absolute atomic E-state index is 0. The van der Waals surface area contributed by atoms with E-state index in [9.17, 15) is 4.79 Å². The number of nitrogens with zero attached hydrogens (tertiary/aromatic N) is 2. The quantitative estimate of drug-likeness (QED) is 0.846. The summed E-state index contributed by atoms with van der Waals surface area (Å²) in [5.41, 5.74) is 6.49. The molecule has 0 unspecified atom stereocenters. The number of hydrogen-bond acceptors (Lipinski definition) is 5. The van der Waals surface area contributed by atoms with E-state index in [0.29, 0.717) is 23.6 Å². The zero-order chi connectivity index (χ0) is 18.1. The predicted molar refractivity (Wildman–Crippen MR) is 105 cm³/mol. The number of rotatable bonds is 4. The lowest BCUT2D eigenvalue weighted by atomic mass is 9.62. The molecule has 2 saturated heterocycles. The van der Waals surface area contributed by atoms with Gasteiger partial charge in [0.05, 0.1) is 6.61 Å². The van der Waals surface area contributed by atoms with Crippen molar-refractivity contribution in [2.24, 2.45) is 17.6 Å². The van der Waals surface area contributed by atoms with Gasteiger partial charge < -0.3 is 15.2 Å². The number of carbonyl (C=O) groups excluding carboxylic acids is 1. The van der Waals surface area contributed by atoms with Crippen molar-refractivity contribution >= 4 is 18.3 Å². The van der Waals surface area contributed by atoms with Crippen molar-refractivity contribution in [2.45, 2.75) is 43.7 Å². The second kappa shape index (κ2) is 8.43. The van der Waals surface area contributed by atoms with Crippen molar-refractivity contribution in [2.75, 3.05) is 33.4 Å². The molecule has 27 heavy (non-hydrogen) atoms. The summed E-state index contributed by atoms with van der Waals surface area (Å²) in [5.74, 6) is 0.329. The van der Waals surface area contributed by atoms with Gasteiger partial charge in [-0.2, -0.15) is 0 Å². The summed E-state index contributed by atoms with van der Waals surface area (Å²) in [6, 6.07) is 4.37. The van der Waals surface area contributed by atoms with Gasteiger partial charge in [-0.1, -0.05) is 6.42 Å². The lowest BCUT2D eigenvalue weighted by Gasteiger charge is -2.57. The minimum Gasteiger partial charge on any atom is -0.380 e. The first-order valence-electron chi connectivity index (χ1n) is 9.78. The summed E-state index contributed by atoms with van der Waals surface area (Å²) in [5, 5.41) is 0. The number of carbonyl (C=O) groups is 1. The summed E-state index contributed by atoms with van der Waals surface area (Å²) >= 11 is 0. The molecule has 6 nitrogen and oxygen atoms in total. The largest absolute Gasteiger partial charge is 0.380 e. The van der Waals surface area contributed by atoms with Crippen molar-refractivity contribution in [3.63, 3.8) is 0 Å². The molecule has 2 bridgehead atoms. The van der Waals surface area contributed by atoms with E-state index in [1.54, 1.807) is 6.20 Å². The van der Waals surface area contributed by atoms with E-state index in [-0.39, 0.29) is 18.0 Å². The molecule has 1 aromatic heterocycles. The van der Waals surface area contributed by atoms with Crippen LogP contribution < -0.4 is 5.73 Å². The number of fused-ring (bicyclic) bond motifs is 2. The molecule has 7 heteroatoms. The van der Waals surface area contributed by atoms with E-state index in [1.165, 1.54) is 12.8 Å². The van der Waals surface area contributed by atoms with Gasteiger partial charge >= 0.3 is 0 Å². The molecular weight excluding hydrogens is 366 g/mol. The van der Waals surface area contributed by atoms with E-state index < -0.39 is 5.91 Å². The Labute approximate surface area is 167 Å². The van der Waals surface area contributed by atoms with Crippen LogP contribution in [0.5, 0.6) is 0 Å². The Morgan fingerprint density at radius 2 is 2.04 bits per heavy atom. The first-order chi connectivity index (χ1) is 12.6. The molecule has 2 N–H and O–H groups in total. The number of hydrogen-bond donors (Lipinski definition) is 1. The average Bonchev–Trinajstić information content (AvgIpc) is 2.67. The monoisotopic (exact) mass is 395 g/mol. The molecule has 3 aliphatic rings. The van der Waals surface area contributed by atoms with Gasteiger partial charge in [-0.25, -0.2) is 0 Å². The number of piperidine rings is 1. The van der Waals surface area contributed by atoms with Gasteiger partial charge in [-0.05, 0) is 43.4 Å². The highest BCUT2D eigenvalue weighted by atomic mass is 35.5. The fraction of sp³-hybridized carbons (Fsp3) is 0.700. The van der Waals surface area contributed by atoms with Crippen molar-refractivity contribution < 1.29 is 14.3 Å². The molecule has 4 atom stereocenters. The van der Waals surface area contributed by atoms with Gasteiger partial charge in [-0.15, -0.1) is 12.4 Å². The minimum atomic E-state index is -0.486. The molecule has 0 aromatic carbocycles. The molecule has 150 valence electrons. The molecule has 1 saturated carbocycles. The third-order valence-corrected chi connectivity index (χ3v) is 6.68. The van der Waals surface area contributed by atoms with Crippen LogP contribution in [-0.2, 0) is 15.1 Å². The molecule has 2 aliphatic heterocycles. The Hall–Kier alpha value is -1.21. The third-order valence-electron chi connectivity index (χ3n) is 6.68. The maximum Gasteiger partial charge on any atom is 0.267 e. The predicted octanol–water partition coefficient (Wildman–Crippen LogP) is 2.35. The second-order valence-corrected chi connectivity index (χ2v) is 7.94. The van der Waals surface area contributed by atoms with Crippen molar-refractivity contribution in [3.8, 4) is 0 Å². The Kier molecular flexibility index (Phi) is 6.41. The Balaban J connectivity index is 0.00000210. The third kappa shape index (κ3) is 3.60. The van der Waals surface area contributed by atoms with Crippen LogP contribution in [-0.4, -0.2) is 55.2 Å². The number of nitrogens with two attached hydrogens (primary N) is 1. The van der Waals surface area contributed by atoms with Gasteiger partial charge in [0.1, 0.15) is 11.3 Å². The standard InChI is InChI=1S/C20H29N3O3.ClH/c1-25-20(14-7-8-22-18(10-14)19(21)24)15-4-2-5-16(20)12-23(11-15)17-6-3-9-26-13-17;/h7-8,10,15-17H,2-6,9,11-13H2,1H3,(H2,21,24);1H/t15-,16+,17-,20-;/m1./s1. The number of halogens is 1. The fourth-order valence-corrected chi connectivity index (χ4v) is 5.51.